The fourth-order valence-electron chi connectivity index (χ4n) is 2.46. The highest BCUT2D eigenvalue weighted by Crippen LogP contribution is 2.16. The molecule has 6 nitrogen and oxygen atoms in total. The standard InChI is InChI=1S/C21H20Cl2N2O4/c1-14(16-10-8-15(9-11-16)12-19(22)23)24-29-13-17-6-4-5-7-18(17)20(25-28-3)21(26)27-2/h4-12H,13H2,1-3H3. The summed E-state index contributed by atoms with van der Waals surface area (Å²) >= 11 is 11.3. The van der Waals surface area contributed by atoms with Gasteiger partial charge in [-0.05, 0) is 24.1 Å². The van der Waals surface area contributed by atoms with Gasteiger partial charge in [0.25, 0.3) is 0 Å². The number of carbonyl (C=O) groups is 1. The number of esters is 1. The van der Waals surface area contributed by atoms with Crippen LogP contribution in [-0.4, -0.2) is 31.6 Å². The first kappa shape index (κ1) is 22.5. The van der Waals surface area contributed by atoms with Gasteiger partial charge in [-0.1, -0.05) is 82.0 Å². The minimum atomic E-state index is -0.606. The molecule has 0 unspecified atom stereocenters. The lowest BCUT2D eigenvalue weighted by atomic mass is 10.0. The van der Waals surface area contributed by atoms with E-state index >= 15 is 0 Å². The van der Waals surface area contributed by atoms with E-state index < -0.39 is 5.97 Å². The summed E-state index contributed by atoms with van der Waals surface area (Å²) < 4.78 is 4.96. The number of hydrogen-bond donors (Lipinski definition) is 0. The Morgan fingerprint density at radius 1 is 1.03 bits per heavy atom. The first-order chi connectivity index (χ1) is 14.0. The lowest BCUT2D eigenvalue weighted by Crippen LogP contribution is -2.19. The molecule has 0 N–H and O–H groups in total. The van der Waals surface area contributed by atoms with Crippen molar-refractivity contribution in [3.05, 3.63) is 75.3 Å². The lowest BCUT2D eigenvalue weighted by molar-refractivity contribution is -0.132. The number of halogens is 2. The third kappa shape index (κ3) is 6.62. The highest BCUT2D eigenvalue weighted by atomic mass is 35.5. The van der Waals surface area contributed by atoms with Crippen molar-refractivity contribution in [2.45, 2.75) is 13.5 Å². The average Bonchev–Trinajstić information content (AvgIpc) is 2.72. The van der Waals surface area contributed by atoms with Crippen LogP contribution in [0.25, 0.3) is 6.08 Å². The van der Waals surface area contributed by atoms with E-state index in [0.29, 0.717) is 16.8 Å². The van der Waals surface area contributed by atoms with Gasteiger partial charge in [0, 0.05) is 11.1 Å². The summed E-state index contributed by atoms with van der Waals surface area (Å²) in [5.74, 6) is -0.606. The number of oxime groups is 2. The normalized spacial score (nSPS) is 11.6. The number of carbonyl (C=O) groups excluding carboxylic acids is 1. The van der Waals surface area contributed by atoms with Crippen LogP contribution in [-0.2, 0) is 25.8 Å². The first-order valence-electron chi connectivity index (χ1n) is 8.53. The maximum Gasteiger partial charge on any atom is 0.360 e. The molecule has 0 fully saturated rings. The van der Waals surface area contributed by atoms with E-state index in [1.165, 1.54) is 14.2 Å². The molecule has 0 aliphatic heterocycles. The zero-order valence-corrected chi connectivity index (χ0v) is 17.7. The van der Waals surface area contributed by atoms with E-state index in [-0.39, 0.29) is 16.8 Å². The average molecular weight is 435 g/mol. The van der Waals surface area contributed by atoms with Gasteiger partial charge in [0.1, 0.15) is 18.2 Å². The summed E-state index contributed by atoms with van der Waals surface area (Å²) in [6.45, 7) is 1.97. The second kappa shape index (κ2) is 11.2. The predicted molar refractivity (Wildman–Crippen MR) is 115 cm³/mol. The summed E-state index contributed by atoms with van der Waals surface area (Å²) in [5.41, 5.74) is 3.76. The molecule has 2 rings (SSSR count). The van der Waals surface area contributed by atoms with Crippen molar-refractivity contribution in [1.29, 1.82) is 0 Å². The van der Waals surface area contributed by atoms with E-state index in [9.17, 15) is 4.79 Å². The Bertz CT molecular complexity index is 934. The Morgan fingerprint density at radius 2 is 1.72 bits per heavy atom. The molecular weight excluding hydrogens is 415 g/mol. The molecule has 0 bridgehead atoms. The Hall–Kier alpha value is -2.83. The fraction of sp³-hybridized carbons (Fsp3) is 0.190. The van der Waals surface area contributed by atoms with Gasteiger partial charge < -0.3 is 14.4 Å². The van der Waals surface area contributed by atoms with E-state index in [2.05, 4.69) is 10.3 Å². The van der Waals surface area contributed by atoms with Crippen molar-refractivity contribution in [3.8, 4) is 0 Å². The third-order valence-corrected chi connectivity index (χ3v) is 4.08. The van der Waals surface area contributed by atoms with Crippen LogP contribution in [0.2, 0.25) is 0 Å². The molecule has 29 heavy (non-hydrogen) atoms. The van der Waals surface area contributed by atoms with E-state index in [1.807, 2.05) is 43.3 Å². The quantitative estimate of drug-likeness (QED) is 0.335. The Balaban J connectivity index is 2.15. The smallest absolute Gasteiger partial charge is 0.360 e. The van der Waals surface area contributed by atoms with E-state index in [0.717, 1.165) is 11.1 Å². The van der Waals surface area contributed by atoms with Crippen LogP contribution in [0.1, 0.15) is 29.2 Å². The van der Waals surface area contributed by atoms with Crippen LogP contribution in [0.15, 0.2) is 63.3 Å². The van der Waals surface area contributed by atoms with Gasteiger partial charge in [-0.3, -0.25) is 0 Å². The number of hydrogen-bond acceptors (Lipinski definition) is 6. The van der Waals surface area contributed by atoms with Gasteiger partial charge in [-0.2, -0.15) is 0 Å². The number of benzene rings is 2. The Labute approximate surface area is 179 Å². The number of methoxy groups -OCH3 is 1. The molecule has 0 heterocycles. The van der Waals surface area contributed by atoms with Crippen molar-refractivity contribution in [1.82, 2.24) is 0 Å². The van der Waals surface area contributed by atoms with Crippen molar-refractivity contribution in [3.63, 3.8) is 0 Å². The van der Waals surface area contributed by atoms with Gasteiger partial charge in [0.15, 0.2) is 5.71 Å². The molecule has 0 spiro atoms. The molecule has 8 heteroatoms. The van der Waals surface area contributed by atoms with Gasteiger partial charge in [0.2, 0.25) is 0 Å². The third-order valence-electron chi connectivity index (χ3n) is 3.86. The van der Waals surface area contributed by atoms with Crippen LogP contribution < -0.4 is 0 Å². The highest BCUT2D eigenvalue weighted by Gasteiger charge is 2.19. The molecule has 2 aromatic carbocycles. The summed E-state index contributed by atoms with van der Waals surface area (Å²) in [7, 11) is 2.64. The minimum Gasteiger partial charge on any atom is -0.464 e. The van der Waals surface area contributed by atoms with Crippen molar-refractivity contribution in [2.75, 3.05) is 14.2 Å². The lowest BCUT2D eigenvalue weighted by Gasteiger charge is -2.10. The Kier molecular flexibility index (Phi) is 8.70. The molecule has 0 radical (unpaired) electrons. The topological polar surface area (TPSA) is 69.5 Å². The second-order valence-electron chi connectivity index (χ2n) is 5.78. The van der Waals surface area contributed by atoms with Gasteiger partial charge in [0.05, 0.1) is 12.8 Å². The molecule has 0 aliphatic rings. The number of ether oxygens (including phenoxy) is 1. The van der Waals surface area contributed by atoms with E-state index in [4.69, 9.17) is 37.6 Å². The molecule has 0 saturated carbocycles. The van der Waals surface area contributed by atoms with Crippen molar-refractivity contribution < 1.29 is 19.2 Å². The predicted octanol–water partition coefficient (Wildman–Crippen LogP) is 4.93. The zero-order chi connectivity index (χ0) is 21.2. The van der Waals surface area contributed by atoms with Crippen LogP contribution >= 0.6 is 23.2 Å². The molecule has 0 amide bonds. The molecule has 0 aliphatic carbocycles. The molecule has 0 aromatic heterocycles. The maximum atomic E-state index is 12.0. The zero-order valence-electron chi connectivity index (χ0n) is 16.2. The van der Waals surface area contributed by atoms with Crippen LogP contribution in [0.5, 0.6) is 0 Å². The minimum absolute atomic E-state index is 0.0523. The summed E-state index contributed by atoms with van der Waals surface area (Å²) in [5, 5.41) is 7.93. The molecule has 0 saturated heterocycles. The van der Waals surface area contributed by atoms with Gasteiger partial charge >= 0.3 is 5.97 Å². The van der Waals surface area contributed by atoms with Crippen LogP contribution in [0, 0.1) is 0 Å². The van der Waals surface area contributed by atoms with Crippen LogP contribution in [0.3, 0.4) is 0 Å². The second-order valence-corrected chi connectivity index (χ2v) is 6.79. The van der Waals surface area contributed by atoms with E-state index in [1.54, 1.807) is 18.2 Å². The highest BCUT2D eigenvalue weighted by molar-refractivity contribution is 6.57. The molecule has 2 aromatic rings. The number of nitrogens with zero attached hydrogens (tertiary/aromatic N) is 2. The summed E-state index contributed by atoms with van der Waals surface area (Å²) in [6.07, 6.45) is 1.65. The SMILES string of the molecule is CON=C(C(=O)OC)c1ccccc1CON=C(C)c1ccc(C=C(Cl)Cl)cc1. The van der Waals surface area contributed by atoms with Crippen molar-refractivity contribution >= 4 is 46.7 Å². The number of rotatable bonds is 8. The molecule has 0 atom stereocenters. The van der Waals surface area contributed by atoms with Gasteiger partial charge in [-0.25, -0.2) is 4.79 Å². The maximum absolute atomic E-state index is 12.0. The summed E-state index contributed by atoms with van der Waals surface area (Å²) in [6, 6.07) is 14.7. The van der Waals surface area contributed by atoms with Crippen LogP contribution in [0.4, 0.5) is 0 Å². The molecule has 152 valence electrons. The first-order valence-corrected chi connectivity index (χ1v) is 9.29. The summed E-state index contributed by atoms with van der Waals surface area (Å²) in [4.78, 5) is 22.3. The molecular formula is C21H20Cl2N2O4. The Morgan fingerprint density at radius 3 is 2.34 bits per heavy atom. The van der Waals surface area contributed by atoms with Gasteiger partial charge in [-0.15, -0.1) is 0 Å². The fourth-order valence-corrected chi connectivity index (χ4v) is 2.71. The van der Waals surface area contributed by atoms with Crippen molar-refractivity contribution in [2.24, 2.45) is 10.3 Å². The monoisotopic (exact) mass is 434 g/mol. The largest absolute Gasteiger partial charge is 0.464 e.